The van der Waals surface area contributed by atoms with Crippen LogP contribution in [0.5, 0.6) is 0 Å². The molecular formula is C29H56N2O3. The van der Waals surface area contributed by atoms with Gasteiger partial charge < -0.3 is 25.0 Å². The molecule has 2 N–H and O–H groups in total. The molecule has 0 amide bonds. The fraction of sp³-hybridized carbons (Fsp3) is 0.897. The van der Waals surface area contributed by atoms with Gasteiger partial charge in [-0.25, -0.2) is 0 Å². The lowest BCUT2D eigenvalue weighted by molar-refractivity contribution is -0.117. The van der Waals surface area contributed by atoms with E-state index in [1.165, 1.54) is 83.5 Å². The van der Waals surface area contributed by atoms with Gasteiger partial charge in [-0.15, -0.1) is 0 Å². The second-order valence-corrected chi connectivity index (χ2v) is 10.1. The van der Waals surface area contributed by atoms with Gasteiger partial charge in [0.25, 0.3) is 0 Å². The molecule has 1 atom stereocenters. The smallest absolute Gasteiger partial charge is 0.136 e. The van der Waals surface area contributed by atoms with Gasteiger partial charge in [-0.3, -0.25) is 0 Å². The van der Waals surface area contributed by atoms with Crippen molar-refractivity contribution in [3.05, 3.63) is 0 Å². The van der Waals surface area contributed by atoms with Crippen molar-refractivity contribution in [2.45, 2.75) is 148 Å². The van der Waals surface area contributed by atoms with Crippen molar-refractivity contribution in [3.63, 3.8) is 0 Å². The Balaban J connectivity index is 3.26. The Morgan fingerprint density at radius 2 is 0.941 bits per heavy atom. The molecule has 0 fully saturated rings. The molecule has 0 saturated carbocycles. The predicted molar refractivity (Wildman–Crippen MR) is 144 cm³/mol. The number of carbonyl (C=O) groups excluding carboxylic acids is 3. The fourth-order valence-electron chi connectivity index (χ4n) is 4.31. The Hall–Kier alpha value is -1.07. The van der Waals surface area contributed by atoms with Crippen LogP contribution >= 0.6 is 0 Å². The van der Waals surface area contributed by atoms with Crippen LogP contribution in [0.4, 0.5) is 0 Å². The van der Waals surface area contributed by atoms with E-state index < -0.39 is 0 Å². The highest BCUT2D eigenvalue weighted by molar-refractivity contribution is 5.75. The van der Waals surface area contributed by atoms with E-state index >= 15 is 0 Å². The third kappa shape index (κ3) is 27.2. The lowest BCUT2D eigenvalue weighted by Crippen LogP contribution is -2.34. The van der Waals surface area contributed by atoms with Crippen LogP contribution < -0.4 is 10.6 Å². The van der Waals surface area contributed by atoms with Crippen molar-refractivity contribution in [2.75, 3.05) is 19.6 Å². The van der Waals surface area contributed by atoms with Gasteiger partial charge in [-0.1, -0.05) is 83.5 Å². The van der Waals surface area contributed by atoms with E-state index in [1.807, 2.05) is 0 Å². The highest BCUT2D eigenvalue weighted by atomic mass is 16.1. The van der Waals surface area contributed by atoms with Gasteiger partial charge in [0, 0.05) is 12.8 Å². The van der Waals surface area contributed by atoms with E-state index in [9.17, 15) is 14.4 Å². The Morgan fingerprint density at radius 1 is 0.559 bits per heavy atom. The van der Waals surface area contributed by atoms with Crippen LogP contribution in [0.25, 0.3) is 0 Å². The number of carbonyl (C=O) groups is 3. The first kappa shape index (κ1) is 32.9. The number of hydrogen-bond donors (Lipinski definition) is 2. The molecule has 0 aliphatic carbocycles. The van der Waals surface area contributed by atoms with Gasteiger partial charge in [0.2, 0.25) is 0 Å². The highest BCUT2D eigenvalue weighted by Crippen LogP contribution is 2.13. The average Bonchev–Trinajstić information content (AvgIpc) is 2.80. The molecule has 0 aliphatic rings. The van der Waals surface area contributed by atoms with Gasteiger partial charge in [-0.2, -0.15) is 0 Å². The molecule has 5 heteroatoms. The van der Waals surface area contributed by atoms with Crippen molar-refractivity contribution in [2.24, 2.45) is 0 Å². The quantitative estimate of drug-likeness (QED) is 0.0961. The van der Waals surface area contributed by atoms with Crippen molar-refractivity contribution in [1.82, 2.24) is 10.6 Å². The molecule has 34 heavy (non-hydrogen) atoms. The van der Waals surface area contributed by atoms with Crippen LogP contribution in [0.3, 0.4) is 0 Å². The third-order valence-corrected chi connectivity index (χ3v) is 6.54. The topological polar surface area (TPSA) is 75.3 Å². The molecule has 0 radical (unpaired) electrons. The second kappa shape index (κ2) is 26.5. The molecule has 0 aromatic heterocycles. The normalized spacial score (nSPS) is 12.1. The summed E-state index contributed by atoms with van der Waals surface area (Å²) in [5.41, 5.74) is 0. The highest BCUT2D eigenvalue weighted by Gasteiger charge is 2.05. The molecule has 0 aliphatic heterocycles. The number of aldehydes is 1. The monoisotopic (exact) mass is 480 g/mol. The minimum Gasteiger partial charge on any atom is -0.317 e. The van der Waals surface area contributed by atoms with E-state index in [1.54, 1.807) is 13.8 Å². The Bertz CT molecular complexity index is 482. The van der Waals surface area contributed by atoms with E-state index in [0.717, 1.165) is 64.4 Å². The molecular weight excluding hydrogens is 424 g/mol. The van der Waals surface area contributed by atoms with Crippen molar-refractivity contribution in [3.8, 4) is 0 Å². The summed E-state index contributed by atoms with van der Waals surface area (Å²) >= 11 is 0. The zero-order valence-electron chi connectivity index (χ0n) is 22.6. The minimum absolute atomic E-state index is 0.0450. The zero-order chi connectivity index (χ0) is 25.1. The summed E-state index contributed by atoms with van der Waals surface area (Å²) in [5.74, 6) is 0.590. The van der Waals surface area contributed by atoms with Gasteiger partial charge in [0.1, 0.15) is 17.9 Å². The van der Waals surface area contributed by atoms with Crippen molar-refractivity contribution >= 4 is 17.9 Å². The van der Waals surface area contributed by atoms with Crippen molar-refractivity contribution in [1.29, 1.82) is 0 Å². The number of Topliss-reactive ketones (excluding diaryl/α,β-unsaturated/α-hetero) is 2. The summed E-state index contributed by atoms with van der Waals surface area (Å²) in [4.78, 5) is 33.0. The van der Waals surface area contributed by atoms with Crippen molar-refractivity contribution < 1.29 is 14.4 Å². The number of unbranched alkanes of at least 4 members (excludes halogenated alkanes) is 15. The first-order valence-electron chi connectivity index (χ1n) is 14.4. The summed E-state index contributed by atoms with van der Waals surface area (Å²) in [7, 11) is 0. The van der Waals surface area contributed by atoms with E-state index in [0.29, 0.717) is 12.2 Å². The Kier molecular flexibility index (Phi) is 25.7. The van der Waals surface area contributed by atoms with Crippen LogP contribution in [-0.4, -0.2) is 43.5 Å². The molecule has 5 nitrogen and oxygen atoms in total. The Morgan fingerprint density at radius 3 is 1.38 bits per heavy atom. The fourth-order valence-corrected chi connectivity index (χ4v) is 4.31. The molecule has 1 unspecified atom stereocenters. The van der Waals surface area contributed by atoms with Crippen LogP contribution in [-0.2, 0) is 14.4 Å². The van der Waals surface area contributed by atoms with Crippen LogP contribution in [0.2, 0.25) is 0 Å². The largest absolute Gasteiger partial charge is 0.317 e. The van der Waals surface area contributed by atoms with Gasteiger partial charge in [0.15, 0.2) is 0 Å². The molecule has 0 spiro atoms. The lowest BCUT2D eigenvalue weighted by atomic mass is 10.0. The maximum absolute atomic E-state index is 11.2. The summed E-state index contributed by atoms with van der Waals surface area (Å²) in [5, 5.41) is 6.74. The first-order chi connectivity index (χ1) is 16.6. The standard InChI is InChI=1S/C29H56N2O3/c1-27(33)20-16-14-12-10-8-6-4-3-5-7-9-11-13-15-18-24-31-29(26-32)22-25-30-23-19-17-21-28(2)34/h26,29-31H,3-25H2,1-2H3. The molecule has 0 bridgehead atoms. The Labute approximate surface area is 211 Å². The minimum atomic E-state index is -0.0450. The molecule has 0 aromatic rings. The molecule has 0 heterocycles. The van der Waals surface area contributed by atoms with Gasteiger partial charge in [-0.05, 0) is 65.6 Å². The van der Waals surface area contributed by atoms with Crippen LogP contribution in [0.15, 0.2) is 0 Å². The van der Waals surface area contributed by atoms with Crippen LogP contribution in [0, 0.1) is 0 Å². The number of nitrogens with one attached hydrogen (secondary N) is 2. The second-order valence-electron chi connectivity index (χ2n) is 10.1. The number of hydrogen-bond acceptors (Lipinski definition) is 5. The number of rotatable bonds is 28. The van der Waals surface area contributed by atoms with E-state index in [2.05, 4.69) is 10.6 Å². The lowest BCUT2D eigenvalue weighted by Gasteiger charge is -2.13. The zero-order valence-corrected chi connectivity index (χ0v) is 22.6. The first-order valence-corrected chi connectivity index (χ1v) is 14.4. The summed E-state index contributed by atoms with van der Waals surface area (Å²) < 4.78 is 0. The van der Waals surface area contributed by atoms with Crippen LogP contribution in [0.1, 0.15) is 142 Å². The SMILES string of the molecule is CC(=O)CCCCCCCCCCCCCCCCCNC(C=O)CCNCCCCC(C)=O. The van der Waals surface area contributed by atoms with E-state index in [-0.39, 0.29) is 11.8 Å². The molecule has 200 valence electrons. The van der Waals surface area contributed by atoms with E-state index in [4.69, 9.17) is 0 Å². The summed E-state index contributed by atoms with van der Waals surface area (Å²) in [6.07, 6.45) is 24.8. The van der Waals surface area contributed by atoms with Gasteiger partial charge in [0.05, 0.1) is 6.04 Å². The maximum atomic E-state index is 11.2. The maximum Gasteiger partial charge on any atom is 0.136 e. The summed E-state index contributed by atoms with van der Waals surface area (Å²) in [6, 6.07) is -0.0450. The number of ketones is 2. The molecule has 0 rings (SSSR count). The molecule has 0 aromatic carbocycles. The van der Waals surface area contributed by atoms with Gasteiger partial charge >= 0.3 is 0 Å². The molecule has 0 saturated heterocycles. The third-order valence-electron chi connectivity index (χ3n) is 6.54. The summed E-state index contributed by atoms with van der Waals surface area (Å²) in [6.45, 7) is 6.02. The predicted octanol–water partition coefficient (Wildman–Crippen LogP) is 6.71. The average molecular weight is 481 g/mol.